The minimum absolute atomic E-state index is 0.0903. The number of rotatable bonds is 2. The van der Waals surface area contributed by atoms with Crippen LogP contribution in [0.1, 0.15) is 25.7 Å². The van der Waals surface area contributed by atoms with E-state index in [0.717, 1.165) is 6.42 Å². The molecular weight excluding hydrogens is 135 g/mol. The van der Waals surface area contributed by atoms with Crippen molar-refractivity contribution in [1.29, 1.82) is 0 Å². The Morgan fingerprint density at radius 1 is 1.60 bits per heavy atom. The molecule has 0 bridgehead atoms. The van der Waals surface area contributed by atoms with Crippen LogP contribution in [0.25, 0.3) is 0 Å². The third-order valence-electron chi connectivity index (χ3n) is 1.94. The molecule has 1 fully saturated rings. The van der Waals surface area contributed by atoms with Gasteiger partial charge in [0.1, 0.15) is 6.17 Å². The second-order valence-electron chi connectivity index (χ2n) is 2.87. The summed E-state index contributed by atoms with van der Waals surface area (Å²) in [6.45, 7) is 0. The molecule has 0 spiro atoms. The van der Waals surface area contributed by atoms with E-state index in [1.54, 1.807) is 0 Å². The van der Waals surface area contributed by atoms with Gasteiger partial charge in [0.2, 0.25) is 0 Å². The molecule has 2 atom stereocenters. The summed E-state index contributed by atoms with van der Waals surface area (Å²) in [6.07, 6.45) is 1.14. The molecule has 1 aliphatic rings. The quantitative estimate of drug-likeness (QED) is 0.642. The number of aliphatic carboxylic acids is 1. The van der Waals surface area contributed by atoms with Crippen LogP contribution in [0.15, 0.2) is 0 Å². The first kappa shape index (κ1) is 7.51. The summed E-state index contributed by atoms with van der Waals surface area (Å²) >= 11 is 0. The van der Waals surface area contributed by atoms with Crippen molar-refractivity contribution >= 4 is 5.97 Å². The van der Waals surface area contributed by atoms with Gasteiger partial charge < -0.3 is 5.11 Å². The molecule has 1 saturated carbocycles. The van der Waals surface area contributed by atoms with Crippen LogP contribution in [0.4, 0.5) is 4.39 Å². The maximum absolute atomic E-state index is 12.4. The minimum atomic E-state index is -0.806. The summed E-state index contributed by atoms with van der Waals surface area (Å²) in [7, 11) is 0. The molecular formula is C7H11FO2. The van der Waals surface area contributed by atoms with E-state index in [1.165, 1.54) is 0 Å². The molecule has 0 heterocycles. The Balaban J connectivity index is 2.24. The molecule has 1 rings (SSSR count). The Bertz CT molecular complexity index is 136. The first-order valence-corrected chi connectivity index (χ1v) is 3.54. The van der Waals surface area contributed by atoms with Gasteiger partial charge in [-0.05, 0) is 25.2 Å². The molecule has 0 aromatic heterocycles. The Morgan fingerprint density at radius 2 is 2.30 bits per heavy atom. The highest BCUT2D eigenvalue weighted by Crippen LogP contribution is 2.29. The molecule has 58 valence electrons. The largest absolute Gasteiger partial charge is 0.481 e. The van der Waals surface area contributed by atoms with Gasteiger partial charge in [-0.1, -0.05) is 0 Å². The van der Waals surface area contributed by atoms with Gasteiger partial charge in [0.05, 0.1) is 0 Å². The van der Waals surface area contributed by atoms with Crippen molar-refractivity contribution in [3.63, 3.8) is 0 Å². The molecule has 0 aromatic carbocycles. The molecule has 0 aliphatic heterocycles. The lowest BCUT2D eigenvalue weighted by Gasteiger charge is -2.02. The third-order valence-corrected chi connectivity index (χ3v) is 1.94. The van der Waals surface area contributed by atoms with Gasteiger partial charge in [-0.2, -0.15) is 0 Å². The molecule has 1 N–H and O–H groups in total. The van der Waals surface area contributed by atoms with Gasteiger partial charge in [0.15, 0.2) is 0 Å². The van der Waals surface area contributed by atoms with E-state index in [1.807, 2.05) is 0 Å². The Kier molecular flexibility index (Phi) is 2.25. The number of halogens is 1. The molecule has 2 nitrogen and oxygen atoms in total. The lowest BCUT2D eigenvalue weighted by molar-refractivity contribution is -0.138. The number of hydrogen-bond donors (Lipinski definition) is 1. The predicted molar refractivity (Wildman–Crippen MR) is 34.5 cm³/mol. The normalized spacial score (nSPS) is 32.5. The molecule has 0 radical (unpaired) electrons. The highest BCUT2D eigenvalue weighted by atomic mass is 19.1. The highest BCUT2D eigenvalue weighted by molar-refractivity contribution is 5.67. The molecule has 1 aliphatic carbocycles. The summed E-state index contributed by atoms with van der Waals surface area (Å²) in [5.74, 6) is -0.716. The van der Waals surface area contributed by atoms with Crippen molar-refractivity contribution in [1.82, 2.24) is 0 Å². The Morgan fingerprint density at radius 3 is 2.70 bits per heavy atom. The number of alkyl halides is 1. The van der Waals surface area contributed by atoms with Gasteiger partial charge >= 0.3 is 5.97 Å². The summed E-state index contributed by atoms with van der Waals surface area (Å²) < 4.78 is 12.4. The van der Waals surface area contributed by atoms with Gasteiger partial charge in [-0.15, -0.1) is 0 Å². The van der Waals surface area contributed by atoms with Gasteiger partial charge in [-0.25, -0.2) is 4.39 Å². The van der Waals surface area contributed by atoms with Crippen LogP contribution in [-0.4, -0.2) is 17.2 Å². The van der Waals surface area contributed by atoms with Crippen LogP contribution in [0.2, 0.25) is 0 Å². The smallest absolute Gasteiger partial charge is 0.303 e. The standard InChI is InChI=1S/C7H11FO2/c8-6-2-1-5(3-6)4-7(9)10/h5-6H,1-4H2,(H,9,10). The molecule has 2 unspecified atom stereocenters. The summed E-state index contributed by atoms with van der Waals surface area (Å²) in [4.78, 5) is 10.1. The minimum Gasteiger partial charge on any atom is -0.481 e. The Hall–Kier alpha value is -0.600. The molecule has 10 heavy (non-hydrogen) atoms. The van der Waals surface area contributed by atoms with E-state index in [-0.39, 0.29) is 12.3 Å². The average molecular weight is 146 g/mol. The van der Waals surface area contributed by atoms with Crippen molar-refractivity contribution in [3.8, 4) is 0 Å². The molecule has 0 aromatic rings. The zero-order valence-electron chi connectivity index (χ0n) is 5.72. The van der Waals surface area contributed by atoms with E-state index in [4.69, 9.17) is 5.11 Å². The second kappa shape index (κ2) is 2.99. The van der Waals surface area contributed by atoms with E-state index in [9.17, 15) is 9.18 Å². The number of hydrogen-bond acceptors (Lipinski definition) is 1. The maximum atomic E-state index is 12.4. The molecule has 3 heteroatoms. The van der Waals surface area contributed by atoms with Crippen molar-refractivity contribution in [3.05, 3.63) is 0 Å². The number of carbonyl (C=O) groups is 1. The van der Waals surface area contributed by atoms with Crippen molar-refractivity contribution < 1.29 is 14.3 Å². The van der Waals surface area contributed by atoms with E-state index in [2.05, 4.69) is 0 Å². The monoisotopic (exact) mass is 146 g/mol. The van der Waals surface area contributed by atoms with E-state index in [0.29, 0.717) is 12.8 Å². The lowest BCUT2D eigenvalue weighted by atomic mass is 10.0. The van der Waals surface area contributed by atoms with Crippen LogP contribution in [-0.2, 0) is 4.79 Å². The zero-order valence-corrected chi connectivity index (χ0v) is 5.72. The summed E-state index contributed by atoms with van der Waals surface area (Å²) in [6, 6.07) is 0. The van der Waals surface area contributed by atoms with E-state index < -0.39 is 12.1 Å². The zero-order chi connectivity index (χ0) is 7.56. The summed E-state index contributed by atoms with van der Waals surface area (Å²) in [5, 5.41) is 8.34. The third kappa shape index (κ3) is 1.97. The lowest BCUT2D eigenvalue weighted by Crippen LogP contribution is -2.04. The Labute approximate surface area is 59.0 Å². The average Bonchev–Trinajstić information content (AvgIpc) is 2.13. The first-order chi connectivity index (χ1) is 4.68. The van der Waals surface area contributed by atoms with Gasteiger partial charge in [-0.3, -0.25) is 4.79 Å². The van der Waals surface area contributed by atoms with Crippen molar-refractivity contribution in [2.24, 2.45) is 5.92 Å². The molecule has 0 saturated heterocycles. The van der Waals surface area contributed by atoms with Crippen LogP contribution in [0, 0.1) is 5.92 Å². The molecule has 0 amide bonds. The fourth-order valence-corrected chi connectivity index (χ4v) is 1.45. The summed E-state index contributed by atoms with van der Waals surface area (Å²) in [5.41, 5.74) is 0. The van der Waals surface area contributed by atoms with Crippen molar-refractivity contribution in [2.75, 3.05) is 0 Å². The maximum Gasteiger partial charge on any atom is 0.303 e. The SMILES string of the molecule is O=C(O)CC1CCC(F)C1. The topological polar surface area (TPSA) is 37.3 Å². The van der Waals surface area contributed by atoms with Crippen LogP contribution in [0.5, 0.6) is 0 Å². The van der Waals surface area contributed by atoms with Gasteiger partial charge in [0.25, 0.3) is 0 Å². The van der Waals surface area contributed by atoms with E-state index >= 15 is 0 Å². The van der Waals surface area contributed by atoms with Crippen LogP contribution < -0.4 is 0 Å². The van der Waals surface area contributed by atoms with Crippen LogP contribution in [0.3, 0.4) is 0 Å². The fourth-order valence-electron chi connectivity index (χ4n) is 1.45. The van der Waals surface area contributed by atoms with Crippen LogP contribution >= 0.6 is 0 Å². The fraction of sp³-hybridized carbons (Fsp3) is 0.857. The first-order valence-electron chi connectivity index (χ1n) is 3.54. The second-order valence-corrected chi connectivity index (χ2v) is 2.87. The predicted octanol–water partition coefficient (Wildman–Crippen LogP) is 1.60. The van der Waals surface area contributed by atoms with Crippen molar-refractivity contribution in [2.45, 2.75) is 31.9 Å². The highest BCUT2D eigenvalue weighted by Gasteiger charge is 2.25. The number of carboxylic acids is 1. The number of carboxylic acid groups (broad SMARTS) is 1. The van der Waals surface area contributed by atoms with Gasteiger partial charge in [0, 0.05) is 6.42 Å².